The van der Waals surface area contributed by atoms with Gasteiger partial charge in [-0.2, -0.15) is 0 Å². The van der Waals surface area contributed by atoms with Gasteiger partial charge in [0.25, 0.3) is 0 Å². The maximum atomic E-state index is 5.43. The van der Waals surface area contributed by atoms with E-state index in [0.29, 0.717) is 12.5 Å². The number of imidazole rings is 1. The Hall–Kier alpha value is -0.830. The van der Waals surface area contributed by atoms with Gasteiger partial charge in [0, 0.05) is 24.2 Å². The first-order valence-corrected chi connectivity index (χ1v) is 4.51. The van der Waals surface area contributed by atoms with E-state index in [9.17, 15) is 0 Å². The molecule has 0 aliphatic carbocycles. The van der Waals surface area contributed by atoms with Gasteiger partial charge in [-0.15, -0.1) is 0 Å². The zero-order valence-electron chi connectivity index (χ0n) is 7.80. The van der Waals surface area contributed by atoms with E-state index in [0.717, 1.165) is 24.4 Å². The molecule has 12 heavy (non-hydrogen) atoms. The molecule has 0 radical (unpaired) electrons. The predicted octanol–water partition coefficient (Wildman–Crippen LogP) is 1.42. The maximum absolute atomic E-state index is 5.43. The lowest BCUT2D eigenvalue weighted by Crippen LogP contribution is -2.03. The molecular formula is C9H17N3. The molecule has 0 spiro atoms. The number of hydrogen-bond acceptors (Lipinski definition) is 2. The number of hydrogen-bond donors (Lipinski definition) is 2. The molecule has 0 unspecified atom stereocenters. The molecule has 0 fully saturated rings. The molecule has 1 aromatic heterocycles. The van der Waals surface area contributed by atoms with Crippen LogP contribution in [0.5, 0.6) is 0 Å². The molecule has 1 aromatic rings. The lowest BCUT2D eigenvalue weighted by molar-refractivity contribution is 0.686. The zero-order chi connectivity index (χ0) is 8.97. The van der Waals surface area contributed by atoms with Crippen molar-refractivity contribution in [2.24, 2.45) is 5.73 Å². The molecule has 3 nitrogen and oxygen atoms in total. The fourth-order valence-electron chi connectivity index (χ4n) is 1.10. The molecule has 0 aliphatic heterocycles. The largest absolute Gasteiger partial charge is 0.346 e. The minimum Gasteiger partial charge on any atom is -0.346 e. The van der Waals surface area contributed by atoms with Crippen LogP contribution in [0.4, 0.5) is 0 Å². The van der Waals surface area contributed by atoms with Crippen LogP contribution < -0.4 is 5.73 Å². The highest BCUT2D eigenvalue weighted by Gasteiger charge is 2.06. The summed E-state index contributed by atoms with van der Waals surface area (Å²) in [6.07, 6.45) is 3.90. The van der Waals surface area contributed by atoms with Gasteiger partial charge in [-0.1, -0.05) is 13.8 Å². The molecule has 0 aromatic carbocycles. The first-order valence-electron chi connectivity index (χ1n) is 4.51. The molecular weight excluding hydrogens is 150 g/mol. The van der Waals surface area contributed by atoms with Crippen molar-refractivity contribution in [2.75, 3.05) is 6.54 Å². The van der Waals surface area contributed by atoms with Crippen LogP contribution in [0, 0.1) is 0 Å². The van der Waals surface area contributed by atoms with Crippen LogP contribution in [0.3, 0.4) is 0 Å². The molecule has 3 heteroatoms. The van der Waals surface area contributed by atoms with Gasteiger partial charge < -0.3 is 10.7 Å². The summed E-state index contributed by atoms with van der Waals surface area (Å²) in [7, 11) is 0. The van der Waals surface area contributed by atoms with Gasteiger partial charge in [0.2, 0.25) is 0 Å². The highest BCUT2D eigenvalue weighted by Crippen LogP contribution is 2.14. The number of H-pyrrole nitrogens is 1. The van der Waals surface area contributed by atoms with Crippen LogP contribution in [-0.2, 0) is 6.42 Å². The second-order valence-corrected chi connectivity index (χ2v) is 3.14. The highest BCUT2D eigenvalue weighted by atomic mass is 14.9. The molecule has 0 amide bonds. The van der Waals surface area contributed by atoms with Gasteiger partial charge in [0.15, 0.2) is 0 Å². The monoisotopic (exact) mass is 167 g/mol. The molecule has 1 atom stereocenters. The van der Waals surface area contributed by atoms with Crippen LogP contribution >= 0.6 is 0 Å². The minimum atomic E-state index is 0.525. The predicted molar refractivity (Wildman–Crippen MR) is 50.1 cm³/mol. The van der Waals surface area contributed by atoms with E-state index < -0.39 is 0 Å². The van der Waals surface area contributed by atoms with Crippen LogP contribution in [0.2, 0.25) is 0 Å². The van der Waals surface area contributed by atoms with E-state index in [4.69, 9.17) is 5.73 Å². The maximum Gasteiger partial charge on any atom is 0.109 e. The standard InChI is InChI=1S/C9H17N3/c1-3-7(2)9-11-6-8(12-9)4-5-10/h6-7H,3-5,10H2,1-2H3,(H,11,12)/t7-/m1/s1. The Labute approximate surface area is 73.4 Å². The van der Waals surface area contributed by atoms with Gasteiger partial charge in [-0.3, -0.25) is 0 Å². The normalized spacial score (nSPS) is 13.2. The number of aromatic nitrogens is 2. The van der Waals surface area contributed by atoms with Crippen molar-refractivity contribution in [1.29, 1.82) is 0 Å². The van der Waals surface area contributed by atoms with E-state index in [2.05, 4.69) is 23.8 Å². The summed E-state index contributed by atoms with van der Waals surface area (Å²) in [5, 5.41) is 0. The van der Waals surface area contributed by atoms with Gasteiger partial charge >= 0.3 is 0 Å². The van der Waals surface area contributed by atoms with E-state index in [-0.39, 0.29) is 0 Å². The van der Waals surface area contributed by atoms with Crippen molar-refractivity contribution < 1.29 is 0 Å². The average molecular weight is 167 g/mol. The Bertz CT molecular complexity index is 229. The quantitative estimate of drug-likeness (QED) is 0.712. The van der Waals surface area contributed by atoms with Gasteiger partial charge in [0.05, 0.1) is 0 Å². The highest BCUT2D eigenvalue weighted by molar-refractivity contribution is 5.04. The molecule has 0 saturated heterocycles. The smallest absolute Gasteiger partial charge is 0.109 e. The average Bonchev–Trinajstić information content (AvgIpc) is 2.52. The van der Waals surface area contributed by atoms with E-state index in [1.165, 1.54) is 0 Å². The summed E-state index contributed by atoms with van der Waals surface area (Å²) >= 11 is 0. The van der Waals surface area contributed by atoms with E-state index in [1.807, 2.05) is 6.20 Å². The second-order valence-electron chi connectivity index (χ2n) is 3.14. The Morgan fingerprint density at radius 1 is 1.67 bits per heavy atom. The molecule has 68 valence electrons. The van der Waals surface area contributed by atoms with Crippen LogP contribution in [0.25, 0.3) is 0 Å². The number of rotatable bonds is 4. The van der Waals surface area contributed by atoms with Crippen molar-refractivity contribution in [3.8, 4) is 0 Å². The summed E-state index contributed by atoms with van der Waals surface area (Å²) in [4.78, 5) is 7.57. The Kier molecular flexibility index (Phi) is 3.29. The lowest BCUT2D eigenvalue weighted by atomic mass is 10.1. The van der Waals surface area contributed by atoms with Gasteiger partial charge in [-0.05, 0) is 13.0 Å². The molecule has 0 saturated carbocycles. The topological polar surface area (TPSA) is 54.7 Å². The molecule has 3 N–H and O–H groups in total. The fraction of sp³-hybridized carbons (Fsp3) is 0.667. The lowest BCUT2D eigenvalue weighted by Gasteiger charge is -2.02. The number of aromatic amines is 1. The Morgan fingerprint density at radius 2 is 2.42 bits per heavy atom. The Balaban J connectivity index is 2.63. The summed E-state index contributed by atoms with van der Waals surface area (Å²) in [5.74, 6) is 1.61. The van der Waals surface area contributed by atoms with Crippen LogP contribution in [0.15, 0.2) is 6.20 Å². The first-order chi connectivity index (χ1) is 5.77. The SMILES string of the molecule is CC[C@@H](C)c1ncc(CCN)[nH]1. The molecule has 0 bridgehead atoms. The van der Waals surface area contributed by atoms with Crippen molar-refractivity contribution in [3.63, 3.8) is 0 Å². The van der Waals surface area contributed by atoms with Crippen molar-refractivity contribution in [2.45, 2.75) is 32.6 Å². The third-order valence-electron chi connectivity index (χ3n) is 2.14. The third kappa shape index (κ3) is 2.08. The van der Waals surface area contributed by atoms with Crippen molar-refractivity contribution in [1.82, 2.24) is 9.97 Å². The summed E-state index contributed by atoms with van der Waals surface area (Å²) in [6, 6.07) is 0. The number of nitrogens with two attached hydrogens (primary N) is 1. The molecule has 1 rings (SSSR count). The molecule has 1 heterocycles. The van der Waals surface area contributed by atoms with Crippen LogP contribution in [0.1, 0.15) is 37.7 Å². The minimum absolute atomic E-state index is 0.525. The number of nitrogens with one attached hydrogen (secondary N) is 1. The summed E-state index contributed by atoms with van der Waals surface area (Å²) in [6.45, 7) is 5.02. The van der Waals surface area contributed by atoms with Gasteiger partial charge in [-0.25, -0.2) is 4.98 Å². The third-order valence-corrected chi connectivity index (χ3v) is 2.14. The van der Waals surface area contributed by atoms with Crippen molar-refractivity contribution >= 4 is 0 Å². The van der Waals surface area contributed by atoms with E-state index in [1.54, 1.807) is 0 Å². The number of nitrogens with zero attached hydrogens (tertiary/aromatic N) is 1. The fourth-order valence-corrected chi connectivity index (χ4v) is 1.10. The summed E-state index contributed by atoms with van der Waals surface area (Å²) in [5.41, 5.74) is 6.58. The molecule has 0 aliphatic rings. The second kappa shape index (κ2) is 4.26. The Morgan fingerprint density at radius 3 is 3.00 bits per heavy atom. The van der Waals surface area contributed by atoms with Crippen LogP contribution in [-0.4, -0.2) is 16.5 Å². The van der Waals surface area contributed by atoms with Gasteiger partial charge in [0.1, 0.15) is 5.82 Å². The van der Waals surface area contributed by atoms with Crippen molar-refractivity contribution in [3.05, 3.63) is 17.7 Å². The summed E-state index contributed by atoms with van der Waals surface area (Å²) < 4.78 is 0. The van der Waals surface area contributed by atoms with E-state index >= 15 is 0 Å². The zero-order valence-corrected chi connectivity index (χ0v) is 7.80. The first kappa shape index (κ1) is 9.26.